The van der Waals surface area contributed by atoms with Crippen molar-refractivity contribution in [2.24, 2.45) is 11.7 Å². The lowest BCUT2D eigenvalue weighted by Gasteiger charge is -2.30. The van der Waals surface area contributed by atoms with Gasteiger partial charge in [0.2, 0.25) is 0 Å². The predicted molar refractivity (Wildman–Crippen MR) is 86.2 cm³/mol. The normalized spacial score (nSPS) is 16.6. The minimum atomic E-state index is -0.480. The molecule has 126 valence electrons. The second-order valence-corrected chi connectivity index (χ2v) is 5.85. The zero-order valence-corrected chi connectivity index (χ0v) is 13.1. The number of nitro groups is 1. The summed E-state index contributed by atoms with van der Waals surface area (Å²) >= 11 is 0. The number of amides is 1. The lowest BCUT2D eigenvalue weighted by molar-refractivity contribution is -0.384. The summed E-state index contributed by atoms with van der Waals surface area (Å²) in [5.74, 6) is 0.647. The fraction of sp³-hybridized carbons (Fsp3) is 0.562. The molecule has 0 aliphatic heterocycles. The van der Waals surface area contributed by atoms with Crippen LogP contribution >= 0.6 is 0 Å². The van der Waals surface area contributed by atoms with E-state index in [1.54, 1.807) is 0 Å². The van der Waals surface area contributed by atoms with Crippen molar-refractivity contribution in [3.63, 3.8) is 0 Å². The summed E-state index contributed by atoms with van der Waals surface area (Å²) in [7, 11) is 0. The first kappa shape index (κ1) is 17.2. The Balaban J connectivity index is 1.80. The summed E-state index contributed by atoms with van der Waals surface area (Å²) < 4.78 is 5.36. The van der Waals surface area contributed by atoms with E-state index < -0.39 is 4.92 Å². The van der Waals surface area contributed by atoms with Crippen LogP contribution in [0.25, 0.3) is 0 Å². The van der Waals surface area contributed by atoms with Crippen molar-refractivity contribution in [1.82, 2.24) is 5.32 Å². The Bertz CT molecular complexity index is 527. The van der Waals surface area contributed by atoms with Crippen molar-refractivity contribution in [1.29, 1.82) is 0 Å². The van der Waals surface area contributed by atoms with Crippen molar-refractivity contribution in [3.8, 4) is 5.75 Å². The molecule has 7 heteroatoms. The highest BCUT2D eigenvalue weighted by Gasteiger charge is 2.24. The molecule has 0 aromatic heterocycles. The van der Waals surface area contributed by atoms with Gasteiger partial charge >= 0.3 is 0 Å². The number of nitro benzene ring substituents is 1. The zero-order valence-electron chi connectivity index (χ0n) is 13.1. The summed E-state index contributed by atoms with van der Waals surface area (Å²) in [5, 5.41) is 13.5. The van der Waals surface area contributed by atoms with Gasteiger partial charge in [-0.25, -0.2) is 0 Å². The molecule has 1 atom stereocenters. The first-order valence-electron chi connectivity index (χ1n) is 7.97. The molecule has 1 aliphatic rings. The Morgan fingerprint density at radius 3 is 2.52 bits per heavy atom. The molecule has 1 aliphatic carbocycles. The minimum absolute atomic E-state index is 0.0109. The van der Waals surface area contributed by atoms with Gasteiger partial charge in [-0.05, 0) is 30.9 Å². The predicted octanol–water partition coefficient (Wildman–Crippen LogP) is 2.00. The third kappa shape index (κ3) is 5.21. The lowest BCUT2D eigenvalue weighted by atomic mass is 9.84. The van der Waals surface area contributed by atoms with Gasteiger partial charge in [-0.1, -0.05) is 19.3 Å². The van der Waals surface area contributed by atoms with Crippen LogP contribution in [0.1, 0.15) is 32.1 Å². The van der Waals surface area contributed by atoms with Crippen LogP contribution < -0.4 is 15.8 Å². The molecule has 0 bridgehead atoms. The summed E-state index contributed by atoms with van der Waals surface area (Å²) in [6, 6.07) is 5.64. The van der Waals surface area contributed by atoms with E-state index in [0.29, 0.717) is 18.2 Å². The first-order chi connectivity index (χ1) is 11.1. The van der Waals surface area contributed by atoms with E-state index in [1.165, 1.54) is 43.5 Å². The Morgan fingerprint density at radius 1 is 1.30 bits per heavy atom. The molecule has 0 radical (unpaired) electrons. The number of hydrogen-bond donors (Lipinski definition) is 2. The van der Waals surface area contributed by atoms with Crippen LogP contribution in [0.2, 0.25) is 0 Å². The van der Waals surface area contributed by atoms with E-state index in [0.717, 1.165) is 12.8 Å². The third-order valence-corrected chi connectivity index (χ3v) is 4.24. The molecule has 0 heterocycles. The van der Waals surface area contributed by atoms with Gasteiger partial charge in [0, 0.05) is 24.7 Å². The van der Waals surface area contributed by atoms with Crippen LogP contribution in [0.4, 0.5) is 5.69 Å². The van der Waals surface area contributed by atoms with Gasteiger partial charge in [-0.2, -0.15) is 0 Å². The highest BCUT2D eigenvalue weighted by molar-refractivity contribution is 5.77. The topological polar surface area (TPSA) is 107 Å². The Labute approximate surface area is 135 Å². The zero-order chi connectivity index (χ0) is 16.7. The molecule has 23 heavy (non-hydrogen) atoms. The van der Waals surface area contributed by atoms with Crippen LogP contribution in [0.5, 0.6) is 5.75 Å². The fourth-order valence-electron chi connectivity index (χ4n) is 2.97. The number of hydrogen-bond acceptors (Lipinski definition) is 5. The summed E-state index contributed by atoms with van der Waals surface area (Å²) in [4.78, 5) is 22.1. The average molecular weight is 321 g/mol. The maximum atomic E-state index is 12.0. The van der Waals surface area contributed by atoms with Gasteiger partial charge in [0.05, 0.1) is 4.92 Å². The van der Waals surface area contributed by atoms with Crippen molar-refractivity contribution < 1.29 is 14.5 Å². The van der Waals surface area contributed by atoms with Crippen molar-refractivity contribution >= 4 is 11.6 Å². The molecule has 7 nitrogen and oxygen atoms in total. The molecule has 1 unspecified atom stereocenters. The Morgan fingerprint density at radius 2 is 1.96 bits per heavy atom. The van der Waals surface area contributed by atoms with Crippen LogP contribution in [0.3, 0.4) is 0 Å². The molecule has 0 saturated heterocycles. The molecule has 1 fully saturated rings. The van der Waals surface area contributed by atoms with E-state index in [-0.39, 0.29) is 24.2 Å². The SMILES string of the molecule is NCC(NC(=O)COc1ccc([N+](=O)[O-])cc1)C1CCCCC1. The highest BCUT2D eigenvalue weighted by atomic mass is 16.6. The Hall–Kier alpha value is -2.15. The third-order valence-electron chi connectivity index (χ3n) is 4.24. The van der Waals surface area contributed by atoms with Gasteiger partial charge in [0.15, 0.2) is 6.61 Å². The number of carbonyl (C=O) groups excluding carboxylic acids is 1. The van der Waals surface area contributed by atoms with E-state index in [1.807, 2.05) is 0 Å². The number of non-ortho nitro benzene ring substituents is 1. The fourth-order valence-corrected chi connectivity index (χ4v) is 2.97. The van der Waals surface area contributed by atoms with E-state index in [2.05, 4.69) is 5.32 Å². The van der Waals surface area contributed by atoms with Crippen molar-refractivity contribution in [2.45, 2.75) is 38.1 Å². The number of benzene rings is 1. The average Bonchev–Trinajstić information content (AvgIpc) is 2.59. The van der Waals surface area contributed by atoms with Gasteiger partial charge < -0.3 is 15.8 Å². The first-order valence-corrected chi connectivity index (χ1v) is 7.97. The quantitative estimate of drug-likeness (QED) is 0.590. The van der Waals surface area contributed by atoms with E-state index in [9.17, 15) is 14.9 Å². The number of ether oxygens (including phenoxy) is 1. The summed E-state index contributed by atoms with van der Waals surface area (Å²) in [6.45, 7) is 0.301. The van der Waals surface area contributed by atoms with E-state index >= 15 is 0 Å². The Kier molecular flexibility index (Phi) is 6.34. The maximum Gasteiger partial charge on any atom is 0.269 e. The van der Waals surface area contributed by atoms with Gasteiger partial charge in [0.25, 0.3) is 11.6 Å². The van der Waals surface area contributed by atoms with Gasteiger partial charge in [-0.15, -0.1) is 0 Å². The van der Waals surface area contributed by atoms with Crippen LogP contribution in [0, 0.1) is 16.0 Å². The second-order valence-electron chi connectivity index (χ2n) is 5.85. The monoisotopic (exact) mass is 321 g/mol. The maximum absolute atomic E-state index is 12.0. The van der Waals surface area contributed by atoms with Crippen molar-refractivity contribution in [2.75, 3.05) is 13.2 Å². The summed E-state index contributed by atoms with van der Waals surface area (Å²) in [5.41, 5.74) is 5.77. The molecule has 2 rings (SSSR count). The van der Waals surface area contributed by atoms with Gasteiger partial charge in [-0.3, -0.25) is 14.9 Å². The van der Waals surface area contributed by atoms with Crippen LogP contribution in [0.15, 0.2) is 24.3 Å². The van der Waals surface area contributed by atoms with Crippen molar-refractivity contribution in [3.05, 3.63) is 34.4 Å². The molecule has 1 aromatic carbocycles. The number of nitrogens with one attached hydrogen (secondary N) is 1. The molecule has 1 saturated carbocycles. The molecular formula is C16H23N3O4. The largest absolute Gasteiger partial charge is 0.484 e. The molecule has 1 amide bonds. The molecule has 1 aromatic rings. The number of nitrogens with zero attached hydrogens (tertiary/aromatic N) is 1. The number of nitrogens with two attached hydrogens (primary N) is 1. The molecule has 3 N–H and O–H groups in total. The lowest BCUT2D eigenvalue weighted by Crippen LogP contribution is -2.47. The standard InChI is InChI=1S/C16H23N3O4/c17-10-15(12-4-2-1-3-5-12)18-16(20)11-23-14-8-6-13(7-9-14)19(21)22/h6-9,12,15H,1-5,10-11,17H2,(H,18,20). The highest BCUT2D eigenvalue weighted by Crippen LogP contribution is 2.26. The van der Waals surface area contributed by atoms with Crippen LogP contribution in [-0.4, -0.2) is 30.0 Å². The minimum Gasteiger partial charge on any atom is -0.484 e. The summed E-state index contributed by atoms with van der Waals surface area (Å²) in [6.07, 6.45) is 5.84. The van der Waals surface area contributed by atoms with Crippen LogP contribution in [-0.2, 0) is 4.79 Å². The second kappa shape index (κ2) is 8.47. The van der Waals surface area contributed by atoms with E-state index in [4.69, 9.17) is 10.5 Å². The molecular weight excluding hydrogens is 298 g/mol. The molecule has 0 spiro atoms. The van der Waals surface area contributed by atoms with Gasteiger partial charge in [0.1, 0.15) is 5.75 Å². The number of carbonyl (C=O) groups is 1. The number of rotatable bonds is 7. The smallest absolute Gasteiger partial charge is 0.269 e.